The van der Waals surface area contributed by atoms with Gasteiger partial charge in [-0.05, 0) is 84.3 Å². The molecule has 0 radical (unpaired) electrons. The number of fused-ring (bicyclic) bond motifs is 1. The lowest BCUT2D eigenvalue weighted by molar-refractivity contribution is -0.119. The number of nitrogens with one attached hydrogen (secondary N) is 1. The molecule has 3 aromatic carbocycles. The Hall–Kier alpha value is -3.95. The second kappa shape index (κ2) is 9.74. The maximum atomic E-state index is 13.8. The van der Waals surface area contributed by atoms with Crippen molar-refractivity contribution in [2.75, 3.05) is 4.90 Å². The van der Waals surface area contributed by atoms with Crippen LogP contribution in [0.25, 0.3) is 0 Å². The van der Waals surface area contributed by atoms with Crippen LogP contribution in [0.2, 0.25) is 0 Å². The van der Waals surface area contributed by atoms with E-state index in [2.05, 4.69) is 14.7 Å². The topological polar surface area (TPSA) is 92.3 Å². The van der Waals surface area contributed by atoms with Gasteiger partial charge in [-0.25, -0.2) is 32.4 Å². The number of sulfonamides is 1. The summed E-state index contributed by atoms with van der Waals surface area (Å²) in [4.78, 5) is 24.1. The molecule has 0 bridgehead atoms. The zero-order chi connectivity index (χ0) is 26.3. The van der Waals surface area contributed by atoms with Gasteiger partial charge in [0, 0.05) is 24.4 Å². The summed E-state index contributed by atoms with van der Waals surface area (Å²) in [7, 11) is -3.87. The summed E-state index contributed by atoms with van der Waals surface area (Å²) in [6, 6.07) is 21.6. The number of aromatic nitrogens is 2. The first kappa shape index (κ1) is 24.4. The Balaban J connectivity index is 1.31. The summed E-state index contributed by atoms with van der Waals surface area (Å²) in [5, 5.41) is 0. The van der Waals surface area contributed by atoms with Gasteiger partial charge in [0.2, 0.25) is 21.9 Å². The molecule has 1 heterocycles. The number of carbonyl (C=O) groups is 1. The molecule has 4 aromatic rings. The van der Waals surface area contributed by atoms with E-state index in [0.717, 1.165) is 35.2 Å². The van der Waals surface area contributed by atoms with Crippen LogP contribution < -0.4 is 9.62 Å². The molecule has 9 heteroatoms. The normalized spacial score (nSPS) is 20.1. The Morgan fingerprint density at radius 2 is 1.68 bits per heavy atom. The largest absolute Gasteiger partial charge is 0.274 e. The number of hydrogen-bond donors (Lipinski definition) is 1. The fourth-order valence-corrected chi connectivity index (χ4v) is 6.42. The predicted molar refractivity (Wildman–Crippen MR) is 141 cm³/mol. The number of halogens is 1. The summed E-state index contributed by atoms with van der Waals surface area (Å²) in [6.45, 7) is 0. The van der Waals surface area contributed by atoms with Gasteiger partial charge < -0.3 is 0 Å². The van der Waals surface area contributed by atoms with E-state index in [4.69, 9.17) is 0 Å². The molecule has 2 aliphatic rings. The fraction of sp³-hybridized carbons (Fsp3) is 0.207. The van der Waals surface area contributed by atoms with Crippen LogP contribution >= 0.6 is 0 Å². The number of hydrogen-bond acceptors (Lipinski definition) is 5. The Morgan fingerprint density at radius 1 is 0.947 bits per heavy atom. The number of anilines is 2. The van der Waals surface area contributed by atoms with Crippen LogP contribution in [0.3, 0.4) is 0 Å². The number of aryl methyl sites for hydroxylation is 1. The van der Waals surface area contributed by atoms with E-state index in [0.29, 0.717) is 18.5 Å². The SMILES string of the molecule is O=C(C1CC1c1ccccc1)N(c1ccc2c(c1)C(NS(=O)(=O)c1ccc(F)cc1)CC2)c1ncccn1. The Labute approximate surface area is 220 Å². The van der Waals surface area contributed by atoms with Crippen molar-refractivity contribution in [1.82, 2.24) is 14.7 Å². The fourth-order valence-electron chi connectivity index (χ4n) is 5.17. The number of benzene rings is 3. The van der Waals surface area contributed by atoms with Crippen LogP contribution in [0.1, 0.15) is 41.5 Å². The summed E-state index contributed by atoms with van der Waals surface area (Å²) in [5.74, 6) is -0.372. The molecule has 1 fully saturated rings. The second-order valence-electron chi connectivity index (χ2n) is 9.63. The summed E-state index contributed by atoms with van der Waals surface area (Å²) < 4.78 is 42.1. The molecule has 192 valence electrons. The minimum Gasteiger partial charge on any atom is -0.274 e. The third kappa shape index (κ3) is 4.70. The average molecular weight is 529 g/mol. The van der Waals surface area contributed by atoms with Crippen molar-refractivity contribution in [1.29, 1.82) is 0 Å². The molecule has 7 nitrogen and oxygen atoms in total. The van der Waals surface area contributed by atoms with Crippen molar-refractivity contribution < 1.29 is 17.6 Å². The van der Waals surface area contributed by atoms with Crippen LogP contribution in [-0.4, -0.2) is 24.3 Å². The number of amides is 1. The molecule has 1 amide bonds. The van der Waals surface area contributed by atoms with Gasteiger partial charge in [0.05, 0.1) is 10.6 Å². The van der Waals surface area contributed by atoms with Crippen molar-refractivity contribution in [3.05, 3.63) is 114 Å². The summed E-state index contributed by atoms with van der Waals surface area (Å²) in [6.07, 6.45) is 5.21. The van der Waals surface area contributed by atoms with Gasteiger partial charge in [-0.1, -0.05) is 36.4 Å². The monoisotopic (exact) mass is 528 g/mol. The third-order valence-electron chi connectivity index (χ3n) is 7.19. The highest BCUT2D eigenvalue weighted by molar-refractivity contribution is 7.89. The van der Waals surface area contributed by atoms with Crippen LogP contribution in [0, 0.1) is 11.7 Å². The first-order chi connectivity index (χ1) is 18.4. The van der Waals surface area contributed by atoms with Crippen LogP contribution in [0.5, 0.6) is 0 Å². The highest BCUT2D eigenvalue weighted by atomic mass is 32.2. The second-order valence-corrected chi connectivity index (χ2v) is 11.3. The number of rotatable bonds is 7. The predicted octanol–water partition coefficient (Wildman–Crippen LogP) is 5.05. The molecule has 3 atom stereocenters. The van der Waals surface area contributed by atoms with Crippen LogP contribution in [0.4, 0.5) is 16.0 Å². The molecule has 1 N–H and O–H groups in total. The molecule has 0 saturated heterocycles. The lowest BCUT2D eigenvalue weighted by Gasteiger charge is -2.23. The highest BCUT2D eigenvalue weighted by Gasteiger charge is 2.47. The van der Waals surface area contributed by atoms with Crippen LogP contribution in [-0.2, 0) is 21.2 Å². The summed E-state index contributed by atoms with van der Waals surface area (Å²) in [5.41, 5.74) is 3.53. The van der Waals surface area contributed by atoms with E-state index in [1.807, 2.05) is 48.5 Å². The van der Waals surface area contributed by atoms with Crippen molar-refractivity contribution in [3.8, 4) is 0 Å². The first-order valence-electron chi connectivity index (χ1n) is 12.5. The highest BCUT2D eigenvalue weighted by Crippen LogP contribution is 2.49. The van der Waals surface area contributed by atoms with Gasteiger partial charge in [-0.15, -0.1) is 0 Å². The zero-order valence-electron chi connectivity index (χ0n) is 20.4. The Kier molecular flexibility index (Phi) is 6.25. The third-order valence-corrected chi connectivity index (χ3v) is 8.68. The lowest BCUT2D eigenvalue weighted by atomic mass is 10.1. The molecule has 38 heavy (non-hydrogen) atoms. The number of carbonyl (C=O) groups excluding carboxylic acids is 1. The molecule has 1 aromatic heterocycles. The standard InChI is InChI=1S/C29H25FN4O3S/c30-21-9-12-23(13-10-21)38(36,37)33-27-14-8-20-7-11-22(17-25(20)27)34(29-31-15-4-16-32-29)28(35)26-18-24(26)19-5-2-1-3-6-19/h1-7,9-13,15-17,24,26-27,33H,8,14,18H2. The molecule has 0 aliphatic heterocycles. The van der Waals surface area contributed by atoms with E-state index >= 15 is 0 Å². The summed E-state index contributed by atoms with van der Waals surface area (Å²) >= 11 is 0. The van der Waals surface area contributed by atoms with Gasteiger partial charge in [-0.3, -0.25) is 4.79 Å². The van der Waals surface area contributed by atoms with Crippen molar-refractivity contribution in [2.45, 2.75) is 36.1 Å². The van der Waals surface area contributed by atoms with Crippen molar-refractivity contribution >= 4 is 27.6 Å². The zero-order valence-corrected chi connectivity index (χ0v) is 21.2. The van der Waals surface area contributed by atoms with Gasteiger partial charge in [0.1, 0.15) is 5.82 Å². The number of nitrogens with zero attached hydrogens (tertiary/aromatic N) is 3. The quantitative estimate of drug-likeness (QED) is 0.362. The van der Waals surface area contributed by atoms with E-state index in [1.54, 1.807) is 18.5 Å². The van der Waals surface area contributed by atoms with E-state index in [-0.39, 0.29) is 28.6 Å². The molecule has 1 saturated carbocycles. The maximum Gasteiger partial charge on any atom is 0.241 e. The van der Waals surface area contributed by atoms with Gasteiger partial charge in [-0.2, -0.15) is 0 Å². The van der Waals surface area contributed by atoms with E-state index in [1.165, 1.54) is 17.0 Å². The molecule has 0 spiro atoms. The minimum absolute atomic E-state index is 0.00122. The minimum atomic E-state index is -3.87. The van der Waals surface area contributed by atoms with Gasteiger partial charge in [0.25, 0.3) is 0 Å². The smallest absolute Gasteiger partial charge is 0.241 e. The Morgan fingerprint density at radius 3 is 2.42 bits per heavy atom. The average Bonchev–Trinajstić information content (AvgIpc) is 3.65. The van der Waals surface area contributed by atoms with Crippen molar-refractivity contribution in [2.24, 2.45) is 5.92 Å². The molecule has 6 rings (SSSR count). The molecule has 3 unspecified atom stereocenters. The van der Waals surface area contributed by atoms with Gasteiger partial charge >= 0.3 is 0 Å². The Bertz CT molecular complexity index is 1580. The first-order valence-corrected chi connectivity index (χ1v) is 14.0. The van der Waals surface area contributed by atoms with Crippen molar-refractivity contribution in [3.63, 3.8) is 0 Å². The van der Waals surface area contributed by atoms with Crippen LogP contribution in [0.15, 0.2) is 96.2 Å². The lowest BCUT2D eigenvalue weighted by Crippen LogP contribution is -2.30. The van der Waals surface area contributed by atoms with Gasteiger partial charge in [0.15, 0.2) is 0 Å². The van der Waals surface area contributed by atoms with E-state index < -0.39 is 21.9 Å². The maximum absolute atomic E-state index is 13.8. The molecular weight excluding hydrogens is 503 g/mol. The molecule has 2 aliphatic carbocycles. The van der Waals surface area contributed by atoms with E-state index in [9.17, 15) is 17.6 Å². The molecular formula is C29H25FN4O3S.